The fourth-order valence-electron chi connectivity index (χ4n) is 1.85. The Hall–Kier alpha value is -2.67. The van der Waals surface area contributed by atoms with E-state index in [0.29, 0.717) is 23.9 Å². The first kappa shape index (κ1) is 16.7. The molecule has 0 saturated heterocycles. The maximum Gasteiger partial charge on any atom is 0.319 e. The van der Waals surface area contributed by atoms with E-state index in [2.05, 4.69) is 15.6 Å². The van der Waals surface area contributed by atoms with Crippen LogP contribution in [0, 0.1) is 5.82 Å². The highest BCUT2D eigenvalue weighted by Gasteiger charge is 2.07. The second-order valence-electron chi connectivity index (χ2n) is 4.90. The minimum atomic E-state index is -0.386. The zero-order valence-corrected chi connectivity index (χ0v) is 12.9. The molecule has 1 aromatic carbocycles. The summed E-state index contributed by atoms with van der Waals surface area (Å²) in [5.41, 5.74) is 0.513. The fourth-order valence-corrected chi connectivity index (χ4v) is 1.85. The predicted octanol–water partition coefficient (Wildman–Crippen LogP) is 3.17. The Morgan fingerprint density at radius 3 is 2.83 bits per heavy atom. The number of hydrogen-bond donors (Lipinski definition) is 2. The number of hydrogen-bond acceptors (Lipinski definition) is 4. The van der Waals surface area contributed by atoms with Gasteiger partial charge in [0.25, 0.3) is 0 Å². The van der Waals surface area contributed by atoms with Gasteiger partial charge in [0, 0.05) is 19.2 Å². The zero-order valence-electron chi connectivity index (χ0n) is 12.9. The number of amides is 2. The number of rotatable bonds is 6. The second kappa shape index (κ2) is 8.09. The molecule has 1 aromatic heterocycles. The number of urea groups is 1. The molecule has 0 unspecified atom stereocenters. The molecule has 122 valence electrons. The maximum atomic E-state index is 13.1. The van der Waals surface area contributed by atoms with Gasteiger partial charge in [0.05, 0.1) is 24.5 Å². The van der Waals surface area contributed by atoms with Gasteiger partial charge in [-0.1, -0.05) is 6.07 Å². The molecule has 6 nitrogen and oxygen atoms in total. The van der Waals surface area contributed by atoms with Gasteiger partial charge in [0.2, 0.25) is 5.88 Å². The summed E-state index contributed by atoms with van der Waals surface area (Å²) in [6, 6.07) is 8.53. The van der Waals surface area contributed by atoms with Crippen molar-refractivity contribution in [2.75, 3.05) is 19.0 Å². The Kier molecular flexibility index (Phi) is 5.87. The lowest BCUT2D eigenvalue weighted by atomic mass is 10.3. The maximum absolute atomic E-state index is 13.1. The molecule has 2 rings (SSSR count). The second-order valence-corrected chi connectivity index (χ2v) is 4.90. The smallest absolute Gasteiger partial charge is 0.319 e. The molecule has 2 amide bonds. The summed E-state index contributed by atoms with van der Waals surface area (Å²) in [4.78, 5) is 15.8. The van der Waals surface area contributed by atoms with Gasteiger partial charge in [-0.15, -0.1) is 0 Å². The Balaban J connectivity index is 1.90. The lowest BCUT2D eigenvalue weighted by Crippen LogP contribution is -2.38. The number of nitrogens with zero attached hydrogens (tertiary/aromatic N) is 1. The summed E-state index contributed by atoms with van der Waals surface area (Å²) in [6.07, 6.45) is 1.45. The van der Waals surface area contributed by atoms with Crippen LogP contribution in [0.25, 0.3) is 0 Å². The molecule has 1 atom stereocenters. The standard InChI is InChI=1S/C16H18FN3O3/c1-11(10-22-2)19-16(21)20-13-6-7-15(18-9-13)23-14-5-3-4-12(17)8-14/h3-9,11H,10H2,1-2H3,(H2,19,20,21)/t11-/m0/s1. The van der Waals surface area contributed by atoms with Crippen molar-refractivity contribution in [1.29, 1.82) is 0 Å². The average molecular weight is 319 g/mol. The van der Waals surface area contributed by atoms with Crippen LogP contribution in [0.2, 0.25) is 0 Å². The Morgan fingerprint density at radius 1 is 1.35 bits per heavy atom. The van der Waals surface area contributed by atoms with Crippen LogP contribution in [0.15, 0.2) is 42.6 Å². The van der Waals surface area contributed by atoms with E-state index in [1.165, 1.54) is 18.3 Å². The third-order valence-corrected chi connectivity index (χ3v) is 2.81. The summed E-state index contributed by atoms with van der Waals surface area (Å²) in [5.74, 6) is 0.265. The number of halogens is 1. The molecule has 0 spiro atoms. The number of pyridine rings is 1. The van der Waals surface area contributed by atoms with E-state index in [9.17, 15) is 9.18 Å². The minimum Gasteiger partial charge on any atom is -0.439 e. The van der Waals surface area contributed by atoms with Crippen molar-refractivity contribution in [2.45, 2.75) is 13.0 Å². The largest absolute Gasteiger partial charge is 0.439 e. The normalized spacial score (nSPS) is 11.6. The molecule has 0 saturated carbocycles. The lowest BCUT2D eigenvalue weighted by molar-refractivity contribution is 0.173. The molecule has 1 heterocycles. The molecule has 0 radical (unpaired) electrons. The fraction of sp³-hybridized carbons (Fsp3) is 0.250. The number of carbonyl (C=O) groups excluding carboxylic acids is 1. The van der Waals surface area contributed by atoms with E-state index in [1.54, 1.807) is 31.4 Å². The summed E-state index contributed by atoms with van der Waals surface area (Å²) < 4.78 is 23.4. The van der Waals surface area contributed by atoms with Crippen molar-refractivity contribution in [3.8, 4) is 11.6 Å². The number of nitrogens with one attached hydrogen (secondary N) is 2. The van der Waals surface area contributed by atoms with E-state index in [4.69, 9.17) is 9.47 Å². The highest BCUT2D eigenvalue weighted by Crippen LogP contribution is 2.20. The van der Waals surface area contributed by atoms with Crippen LogP contribution in [0.1, 0.15) is 6.92 Å². The molecular weight excluding hydrogens is 301 g/mol. The molecular formula is C16H18FN3O3. The van der Waals surface area contributed by atoms with Crippen molar-refractivity contribution in [3.05, 3.63) is 48.4 Å². The Morgan fingerprint density at radius 2 is 2.17 bits per heavy atom. The summed E-state index contributed by atoms with van der Waals surface area (Å²) in [7, 11) is 1.57. The van der Waals surface area contributed by atoms with Crippen molar-refractivity contribution in [3.63, 3.8) is 0 Å². The van der Waals surface area contributed by atoms with Crippen LogP contribution in [0.3, 0.4) is 0 Å². The van der Waals surface area contributed by atoms with Gasteiger partial charge in [-0.3, -0.25) is 0 Å². The molecule has 23 heavy (non-hydrogen) atoms. The molecule has 0 aliphatic rings. The number of aromatic nitrogens is 1. The molecule has 0 fully saturated rings. The van der Waals surface area contributed by atoms with Gasteiger partial charge < -0.3 is 20.1 Å². The van der Waals surface area contributed by atoms with Crippen LogP contribution in [0.5, 0.6) is 11.6 Å². The van der Waals surface area contributed by atoms with Gasteiger partial charge in [-0.05, 0) is 25.1 Å². The van der Waals surface area contributed by atoms with Crippen molar-refractivity contribution in [2.24, 2.45) is 0 Å². The molecule has 0 bridgehead atoms. The third-order valence-electron chi connectivity index (χ3n) is 2.81. The van der Waals surface area contributed by atoms with E-state index in [-0.39, 0.29) is 17.9 Å². The molecule has 0 aliphatic carbocycles. The quantitative estimate of drug-likeness (QED) is 0.858. The lowest BCUT2D eigenvalue weighted by Gasteiger charge is -2.13. The SMILES string of the molecule is COC[C@H](C)NC(=O)Nc1ccc(Oc2cccc(F)c2)nc1. The monoisotopic (exact) mass is 319 g/mol. The summed E-state index contributed by atoms with van der Waals surface area (Å²) >= 11 is 0. The van der Waals surface area contributed by atoms with Gasteiger partial charge in [-0.2, -0.15) is 0 Å². The van der Waals surface area contributed by atoms with Crippen molar-refractivity contribution >= 4 is 11.7 Å². The van der Waals surface area contributed by atoms with Crippen LogP contribution in [0.4, 0.5) is 14.9 Å². The number of benzene rings is 1. The third kappa shape index (κ3) is 5.55. The van der Waals surface area contributed by atoms with Gasteiger partial charge >= 0.3 is 6.03 Å². The van der Waals surface area contributed by atoms with Gasteiger partial charge in [-0.25, -0.2) is 14.2 Å². The first-order chi connectivity index (χ1) is 11.1. The van der Waals surface area contributed by atoms with Crippen molar-refractivity contribution < 1.29 is 18.7 Å². The van der Waals surface area contributed by atoms with Gasteiger partial charge in [0.1, 0.15) is 11.6 Å². The average Bonchev–Trinajstić information content (AvgIpc) is 2.49. The van der Waals surface area contributed by atoms with Crippen LogP contribution in [-0.2, 0) is 4.74 Å². The number of methoxy groups -OCH3 is 1. The molecule has 0 aliphatic heterocycles. The molecule has 7 heteroatoms. The zero-order chi connectivity index (χ0) is 16.7. The Labute approximate surface area is 133 Å². The topological polar surface area (TPSA) is 72.5 Å². The number of ether oxygens (including phenoxy) is 2. The van der Waals surface area contributed by atoms with Crippen LogP contribution >= 0.6 is 0 Å². The molecule has 2 N–H and O–H groups in total. The van der Waals surface area contributed by atoms with Crippen molar-refractivity contribution in [1.82, 2.24) is 10.3 Å². The number of anilines is 1. The van der Waals surface area contributed by atoms with E-state index >= 15 is 0 Å². The first-order valence-corrected chi connectivity index (χ1v) is 7.03. The van der Waals surface area contributed by atoms with E-state index in [1.807, 2.05) is 6.92 Å². The molecule has 2 aromatic rings. The predicted molar refractivity (Wildman–Crippen MR) is 84.2 cm³/mol. The van der Waals surface area contributed by atoms with Gasteiger partial charge in [0.15, 0.2) is 0 Å². The number of carbonyl (C=O) groups is 1. The Bertz CT molecular complexity index is 649. The highest BCUT2D eigenvalue weighted by atomic mass is 19.1. The van der Waals surface area contributed by atoms with Crippen LogP contribution < -0.4 is 15.4 Å². The summed E-state index contributed by atoms with van der Waals surface area (Å²) in [6.45, 7) is 2.25. The summed E-state index contributed by atoms with van der Waals surface area (Å²) in [5, 5.41) is 5.36. The first-order valence-electron chi connectivity index (χ1n) is 7.03. The van der Waals surface area contributed by atoms with E-state index < -0.39 is 0 Å². The minimum absolute atomic E-state index is 0.108. The van der Waals surface area contributed by atoms with E-state index in [0.717, 1.165) is 0 Å². The highest BCUT2D eigenvalue weighted by molar-refractivity contribution is 5.89. The van der Waals surface area contributed by atoms with Crippen LogP contribution in [-0.4, -0.2) is 30.8 Å².